The van der Waals surface area contributed by atoms with Crippen LogP contribution >= 0.6 is 15.9 Å². The van der Waals surface area contributed by atoms with Crippen LogP contribution in [0.5, 0.6) is 11.5 Å². The number of methoxy groups -OCH3 is 2. The SMILES string of the molecule is COc1cc2c(cc1OC)[C@@H]([C@H](N=C(c1ccccc1)c1ccccc1N=C([O-])[C@@H]1CCCN1Cc1ccccc1)C(=O)[O-])N(c1ccc(Br)cc1)CC2.[Ni+2]. The van der Waals surface area contributed by atoms with Crippen LogP contribution in [0.15, 0.2) is 136 Å². The zero-order chi connectivity index (χ0) is 37.6. The first-order valence-electron chi connectivity index (χ1n) is 18.1. The maximum Gasteiger partial charge on any atom is 2.00 e. The molecule has 0 spiro atoms. The molecule has 55 heavy (non-hydrogen) atoms. The van der Waals surface area contributed by atoms with E-state index in [1.807, 2.05) is 103 Å². The van der Waals surface area contributed by atoms with E-state index < -0.39 is 18.1 Å². The van der Waals surface area contributed by atoms with E-state index in [2.05, 4.69) is 37.9 Å². The van der Waals surface area contributed by atoms with Gasteiger partial charge in [-0.25, -0.2) is 0 Å². The number of carboxylic acids is 1. The number of benzene rings is 5. The molecule has 0 aliphatic carbocycles. The van der Waals surface area contributed by atoms with Gasteiger partial charge in [-0.05, 0) is 90.9 Å². The van der Waals surface area contributed by atoms with Crippen LogP contribution in [-0.2, 0) is 34.3 Å². The summed E-state index contributed by atoms with van der Waals surface area (Å²) in [5.41, 5.74) is 5.72. The molecule has 0 saturated carbocycles. The van der Waals surface area contributed by atoms with Gasteiger partial charge in [-0.15, -0.1) is 0 Å². The number of ether oxygens (including phenoxy) is 2. The molecule has 5 aromatic carbocycles. The molecule has 2 aliphatic heterocycles. The van der Waals surface area contributed by atoms with Crippen LogP contribution < -0.4 is 24.6 Å². The summed E-state index contributed by atoms with van der Waals surface area (Å²) in [6.45, 7) is 1.99. The Hall–Kier alpha value is -4.96. The molecule has 3 atom stereocenters. The Morgan fingerprint density at radius 3 is 2.20 bits per heavy atom. The fourth-order valence-corrected chi connectivity index (χ4v) is 7.87. The fourth-order valence-electron chi connectivity index (χ4n) is 7.60. The zero-order valence-electron chi connectivity index (χ0n) is 30.5. The van der Waals surface area contributed by atoms with Gasteiger partial charge in [0.15, 0.2) is 11.5 Å². The van der Waals surface area contributed by atoms with Crippen molar-refractivity contribution in [2.75, 3.05) is 32.2 Å². The molecule has 11 heteroatoms. The van der Waals surface area contributed by atoms with E-state index in [0.29, 0.717) is 60.0 Å². The van der Waals surface area contributed by atoms with Crippen LogP contribution in [0.3, 0.4) is 0 Å². The molecular formula is C44H41BrN4NiO5. The predicted molar refractivity (Wildman–Crippen MR) is 212 cm³/mol. The third-order valence-electron chi connectivity index (χ3n) is 10.2. The maximum atomic E-state index is 14.0. The summed E-state index contributed by atoms with van der Waals surface area (Å²) in [4.78, 5) is 27.6. The van der Waals surface area contributed by atoms with E-state index in [1.165, 1.54) is 0 Å². The van der Waals surface area contributed by atoms with Gasteiger partial charge in [-0.1, -0.05) is 94.8 Å². The Labute approximate surface area is 340 Å². The molecule has 284 valence electrons. The number of carbonyl (C=O) groups excluding carboxylic acids is 1. The number of anilines is 1. The maximum absolute atomic E-state index is 14.0. The van der Waals surface area contributed by atoms with Gasteiger partial charge < -0.3 is 29.4 Å². The molecule has 0 bridgehead atoms. The summed E-state index contributed by atoms with van der Waals surface area (Å²) in [6.07, 6.45) is 2.26. The molecule has 7 rings (SSSR count). The standard InChI is InChI=1S/C44H43BrN4O5.Ni/c1-53-38-26-31-23-25-49(33-21-19-32(45)20-22-33)42(35(31)27-39(38)54-2)41(44(51)52)47-40(30-14-7-4-8-15-30)34-16-9-10-17-36(34)46-43(50)37-18-11-24-48(37)28-29-12-5-3-6-13-29;/h3-10,12-17,19-22,26-27,37,41-42H,11,18,23-25,28H2,1-2H3,(H,46,50)(H,51,52);/q;+2/p-2/t37-,41-,42-;/m0./s1. The van der Waals surface area contributed by atoms with Crippen molar-refractivity contribution in [2.45, 2.75) is 43.9 Å². The molecule has 2 aliphatic rings. The Kier molecular flexibility index (Phi) is 13.1. The summed E-state index contributed by atoms with van der Waals surface area (Å²) >= 11 is 3.53. The number of fused-ring (bicyclic) bond motifs is 1. The first-order valence-corrected chi connectivity index (χ1v) is 18.9. The van der Waals surface area contributed by atoms with E-state index >= 15 is 0 Å². The number of halogens is 1. The number of aliphatic carboxylic acids is 1. The van der Waals surface area contributed by atoms with Crippen LogP contribution in [0.25, 0.3) is 0 Å². The van der Waals surface area contributed by atoms with Crippen molar-refractivity contribution in [3.63, 3.8) is 0 Å². The Morgan fingerprint density at radius 1 is 0.855 bits per heavy atom. The molecule has 0 N–H and O–H groups in total. The smallest absolute Gasteiger partial charge is 0.861 e. The van der Waals surface area contributed by atoms with E-state index in [-0.39, 0.29) is 28.4 Å². The van der Waals surface area contributed by atoms with Crippen molar-refractivity contribution < 1.29 is 41.0 Å². The van der Waals surface area contributed by atoms with Gasteiger partial charge in [0.05, 0.1) is 37.6 Å². The first-order chi connectivity index (χ1) is 26.3. The second-order valence-corrected chi connectivity index (χ2v) is 14.4. The molecule has 9 nitrogen and oxygen atoms in total. The van der Waals surface area contributed by atoms with Gasteiger partial charge in [-0.3, -0.25) is 14.9 Å². The van der Waals surface area contributed by atoms with Crippen molar-refractivity contribution in [3.05, 3.63) is 154 Å². The minimum absolute atomic E-state index is 0. The van der Waals surface area contributed by atoms with Crippen molar-refractivity contribution in [2.24, 2.45) is 9.98 Å². The largest absolute Gasteiger partial charge is 2.00 e. The third-order valence-corrected chi connectivity index (χ3v) is 10.7. The predicted octanol–water partition coefficient (Wildman–Crippen LogP) is 6.28. The number of nitrogens with zero attached hydrogens (tertiary/aromatic N) is 4. The zero-order valence-corrected chi connectivity index (χ0v) is 33.1. The van der Waals surface area contributed by atoms with Crippen LogP contribution in [0.4, 0.5) is 11.4 Å². The van der Waals surface area contributed by atoms with Crippen LogP contribution in [0, 0.1) is 0 Å². The van der Waals surface area contributed by atoms with Gasteiger partial charge in [-0.2, -0.15) is 0 Å². The van der Waals surface area contributed by atoms with E-state index in [1.54, 1.807) is 20.3 Å². The molecule has 1 fully saturated rings. The second-order valence-electron chi connectivity index (χ2n) is 13.5. The van der Waals surface area contributed by atoms with E-state index in [4.69, 9.17) is 19.5 Å². The second kappa shape index (κ2) is 18.1. The summed E-state index contributed by atoms with van der Waals surface area (Å²) < 4.78 is 12.2. The first kappa shape index (κ1) is 39.7. The van der Waals surface area contributed by atoms with Crippen molar-refractivity contribution in [1.29, 1.82) is 0 Å². The Bertz CT molecular complexity index is 2150. The van der Waals surface area contributed by atoms with Gasteiger partial charge in [0.25, 0.3) is 0 Å². The van der Waals surface area contributed by atoms with Crippen molar-refractivity contribution in [3.8, 4) is 11.5 Å². The molecule has 0 amide bonds. The molecule has 0 radical (unpaired) electrons. The minimum atomic E-state index is -1.39. The number of para-hydroxylation sites is 1. The number of carboxylic acid groups (broad SMARTS) is 1. The fraction of sp³-hybridized carbons (Fsp3) is 0.250. The monoisotopic (exact) mass is 842 g/mol. The quantitative estimate of drug-likeness (QED) is 0.0827. The number of hydrogen-bond acceptors (Lipinski definition) is 9. The van der Waals surface area contributed by atoms with Crippen LogP contribution in [-0.4, -0.2) is 61.9 Å². The van der Waals surface area contributed by atoms with Gasteiger partial charge >= 0.3 is 16.5 Å². The van der Waals surface area contributed by atoms with Gasteiger partial charge in [0, 0.05) is 40.4 Å². The summed E-state index contributed by atoms with van der Waals surface area (Å²) in [6, 6.07) is 35.9. The molecule has 5 aromatic rings. The van der Waals surface area contributed by atoms with Gasteiger partial charge in [0.1, 0.15) is 6.04 Å². The Balaban J connectivity index is 0.00000514. The van der Waals surface area contributed by atoms with Gasteiger partial charge in [0.2, 0.25) is 0 Å². The number of rotatable bonds is 12. The summed E-state index contributed by atoms with van der Waals surface area (Å²) in [5, 5.41) is 27.5. The molecule has 2 heterocycles. The third kappa shape index (κ3) is 8.80. The van der Waals surface area contributed by atoms with Crippen molar-refractivity contribution in [1.82, 2.24) is 4.90 Å². The molecule has 0 unspecified atom stereocenters. The minimum Gasteiger partial charge on any atom is -0.861 e. The van der Waals surface area contributed by atoms with Crippen LogP contribution in [0.2, 0.25) is 0 Å². The Morgan fingerprint density at radius 2 is 1.51 bits per heavy atom. The average molecular weight is 844 g/mol. The normalized spacial score (nSPS) is 17.9. The average Bonchev–Trinajstić information content (AvgIpc) is 3.67. The number of likely N-dealkylation sites (tertiary alicyclic amines) is 1. The number of hydrogen-bond donors (Lipinski definition) is 0. The summed E-state index contributed by atoms with van der Waals surface area (Å²) in [5.74, 6) is -0.524. The molecule has 1 saturated heterocycles. The van der Waals surface area contributed by atoms with E-state index in [9.17, 15) is 15.0 Å². The topological polar surface area (TPSA) is 113 Å². The summed E-state index contributed by atoms with van der Waals surface area (Å²) in [7, 11) is 3.14. The van der Waals surface area contributed by atoms with Crippen LogP contribution in [0.1, 0.15) is 46.7 Å². The number of carbonyl (C=O) groups is 1. The van der Waals surface area contributed by atoms with Crippen molar-refractivity contribution >= 4 is 44.9 Å². The van der Waals surface area contributed by atoms with E-state index in [0.717, 1.165) is 39.8 Å². The molecule has 0 aromatic heterocycles. The molecular weight excluding hydrogens is 803 g/mol. The number of aliphatic imine (C=N–C) groups is 2.